The molecule has 0 heterocycles. The van der Waals surface area contributed by atoms with Crippen molar-refractivity contribution in [3.05, 3.63) is 93.6 Å². The minimum absolute atomic E-state index is 0.0370. The highest BCUT2D eigenvalue weighted by Crippen LogP contribution is 2.33. The molecule has 0 aromatic heterocycles. The molecule has 0 bridgehead atoms. The third-order valence-corrected chi connectivity index (χ3v) is 6.98. The average molecular weight is 471 g/mol. The molecular weight excluding hydrogens is 447 g/mol. The van der Waals surface area contributed by atoms with E-state index in [1.54, 1.807) is 42.7 Å². The van der Waals surface area contributed by atoms with E-state index in [0.717, 1.165) is 23.3 Å². The minimum atomic E-state index is -4.07. The Labute approximate surface area is 191 Å². The van der Waals surface area contributed by atoms with Crippen molar-refractivity contribution in [3.63, 3.8) is 0 Å². The van der Waals surface area contributed by atoms with Gasteiger partial charge in [0.1, 0.15) is 11.6 Å². The van der Waals surface area contributed by atoms with Crippen LogP contribution in [0.2, 0.25) is 0 Å². The van der Waals surface area contributed by atoms with Gasteiger partial charge in [-0.1, -0.05) is 35.4 Å². The quantitative estimate of drug-likeness (QED) is 0.311. The van der Waals surface area contributed by atoms with E-state index in [1.807, 2.05) is 13.0 Å². The van der Waals surface area contributed by atoms with E-state index < -0.39 is 38.6 Å². The second-order valence-electron chi connectivity index (χ2n) is 7.53. The van der Waals surface area contributed by atoms with Crippen LogP contribution in [0.3, 0.4) is 0 Å². The van der Waals surface area contributed by atoms with E-state index >= 15 is 0 Å². The van der Waals surface area contributed by atoms with E-state index in [2.05, 4.69) is 5.32 Å². The highest BCUT2D eigenvalue weighted by atomic mass is 32.2. The van der Waals surface area contributed by atoms with E-state index in [-0.39, 0.29) is 15.5 Å². The number of sulfone groups is 1. The number of phenolic OH excluding ortho intramolecular Hbond substituents is 1. The molecule has 0 spiro atoms. The van der Waals surface area contributed by atoms with Crippen molar-refractivity contribution in [2.45, 2.75) is 25.7 Å². The first kappa shape index (κ1) is 24.0. The van der Waals surface area contributed by atoms with Crippen LogP contribution < -0.4 is 10.8 Å². The molecule has 172 valence electrons. The van der Waals surface area contributed by atoms with Crippen LogP contribution in [-0.2, 0) is 9.84 Å². The number of allylic oxidation sites excluding steroid dienone is 1. The summed E-state index contributed by atoms with van der Waals surface area (Å²) in [5.41, 5.74) is 2.70. The molecule has 0 aliphatic carbocycles. The molecule has 9 heteroatoms. The predicted molar refractivity (Wildman–Crippen MR) is 123 cm³/mol. The van der Waals surface area contributed by atoms with Gasteiger partial charge in [-0.2, -0.15) is 0 Å². The molecule has 0 radical (unpaired) electrons. The first-order valence-electron chi connectivity index (χ1n) is 9.88. The summed E-state index contributed by atoms with van der Waals surface area (Å²) in [4.78, 5) is 12.0. The summed E-state index contributed by atoms with van der Waals surface area (Å²) in [7, 11) is -4.07. The third-order valence-electron chi connectivity index (χ3n) is 5.08. The Morgan fingerprint density at radius 3 is 2.24 bits per heavy atom. The van der Waals surface area contributed by atoms with E-state index in [9.17, 15) is 27.9 Å². The summed E-state index contributed by atoms with van der Waals surface area (Å²) >= 11 is 0. The van der Waals surface area contributed by atoms with Crippen molar-refractivity contribution >= 4 is 27.1 Å². The van der Waals surface area contributed by atoms with Gasteiger partial charge in [0.25, 0.3) is 5.91 Å². The number of aromatic hydroxyl groups is 1. The van der Waals surface area contributed by atoms with Gasteiger partial charge in [0.05, 0.1) is 21.2 Å². The van der Waals surface area contributed by atoms with Gasteiger partial charge in [-0.15, -0.1) is 0 Å². The third kappa shape index (κ3) is 5.05. The van der Waals surface area contributed by atoms with Crippen LogP contribution in [0.1, 0.15) is 34.0 Å². The maximum Gasteiger partial charge on any atom is 0.255 e. The lowest BCUT2D eigenvalue weighted by Gasteiger charge is -2.15. The largest absolute Gasteiger partial charge is 0.506 e. The number of nitrogens with one attached hydrogen (secondary N) is 2. The van der Waals surface area contributed by atoms with Gasteiger partial charge in [-0.05, 0) is 51.1 Å². The summed E-state index contributed by atoms with van der Waals surface area (Å²) < 4.78 is 40.9. The SMILES string of the molecule is C/C(=C(/NO)c1cc(O)c(NC(=O)c2cccc(C)c2)cc1F)S(=O)(=O)c1ccc(C)cc1. The van der Waals surface area contributed by atoms with Gasteiger partial charge in [0, 0.05) is 17.2 Å². The van der Waals surface area contributed by atoms with E-state index in [0.29, 0.717) is 5.56 Å². The zero-order valence-corrected chi connectivity index (χ0v) is 19.0. The fourth-order valence-corrected chi connectivity index (χ4v) is 4.46. The van der Waals surface area contributed by atoms with Crippen LogP contribution in [0.15, 0.2) is 70.5 Å². The van der Waals surface area contributed by atoms with Crippen molar-refractivity contribution in [3.8, 4) is 5.75 Å². The number of carbonyl (C=O) groups excluding carboxylic acids is 1. The molecule has 4 N–H and O–H groups in total. The molecule has 0 aliphatic heterocycles. The number of amides is 1. The maximum absolute atomic E-state index is 14.9. The predicted octanol–water partition coefficient (Wildman–Crippen LogP) is 4.54. The standard InChI is InChI=1S/C24H23FN2O5S/c1-14-7-9-18(10-8-14)33(31,32)16(3)23(27-30)19-12-22(28)21(13-20(19)25)26-24(29)17-6-4-5-15(2)11-17/h4-13,27-28,30H,1-3H3,(H,26,29)/b23-16-. The lowest BCUT2D eigenvalue weighted by Crippen LogP contribution is -2.16. The Morgan fingerprint density at radius 2 is 1.64 bits per heavy atom. The molecule has 3 aromatic carbocycles. The summed E-state index contributed by atoms with van der Waals surface area (Å²) in [6.45, 7) is 4.82. The molecule has 0 fully saturated rings. The van der Waals surface area contributed by atoms with Crippen LogP contribution in [-0.4, -0.2) is 24.6 Å². The van der Waals surface area contributed by atoms with Gasteiger partial charge in [-0.25, -0.2) is 12.8 Å². The molecule has 33 heavy (non-hydrogen) atoms. The second-order valence-corrected chi connectivity index (χ2v) is 9.62. The number of halogens is 1. The number of rotatable bonds is 6. The fourth-order valence-electron chi connectivity index (χ4n) is 3.19. The van der Waals surface area contributed by atoms with Crippen molar-refractivity contribution in [1.82, 2.24) is 5.48 Å². The maximum atomic E-state index is 14.9. The lowest BCUT2D eigenvalue weighted by atomic mass is 10.1. The fraction of sp³-hybridized carbons (Fsp3) is 0.125. The molecule has 3 rings (SSSR count). The average Bonchev–Trinajstić information content (AvgIpc) is 2.77. The molecule has 0 saturated heterocycles. The number of hydrogen-bond acceptors (Lipinski definition) is 6. The molecule has 7 nitrogen and oxygen atoms in total. The molecule has 0 aliphatic rings. The topological polar surface area (TPSA) is 116 Å². The van der Waals surface area contributed by atoms with Gasteiger partial charge < -0.3 is 10.4 Å². The van der Waals surface area contributed by atoms with Crippen LogP contribution >= 0.6 is 0 Å². The normalized spacial score (nSPS) is 12.2. The van der Waals surface area contributed by atoms with E-state index in [4.69, 9.17) is 0 Å². The zero-order chi connectivity index (χ0) is 24.3. The van der Waals surface area contributed by atoms with Crippen molar-refractivity contribution < 1.29 is 27.9 Å². The molecule has 1 amide bonds. The van der Waals surface area contributed by atoms with Crippen molar-refractivity contribution in [2.75, 3.05) is 5.32 Å². The number of phenols is 1. The van der Waals surface area contributed by atoms with Gasteiger partial charge in [0.15, 0.2) is 0 Å². The number of hydrogen-bond donors (Lipinski definition) is 4. The number of anilines is 1. The zero-order valence-electron chi connectivity index (χ0n) is 18.2. The summed E-state index contributed by atoms with van der Waals surface area (Å²) in [6, 6.07) is 14.5. The Balaban J connectivity index is 2.00. The number of aryl methyl sites for hydroxylation is 2. The Kier molecular flexibility index (Phi) is 6.85. The highest BCUT2D eigenvalue weighted by Gasteiger charge is 2.24. The summed E-state index contributed by atoms with van der Waals surface area (Å²) in [5, 5.41) is 22.4. The Bertz CT molecular complexity index is 1350. The summed E-state index contributed by atoms with van der Waals surface area (Å²) in [6.07, 6.45) is 0. The number of carbonyl (C=O) groups is 1. The second kappa shape index (κ2) is 9.43. The van der Waals surface area contributed by atoms with Crippen LogP contribution in [0.4, 0.5) is 10.1 Å². The molecular formula is C24H23FN2O5S. The Hall–Kier alpha value is -3.69. The molecule has 0 unspecified atom stereocenters. The summed E-state index contributed by atoms with van der Waals surface area (Å²) in [5.74, 6) is -2.04. The Morgan fingerprint density at radius 1 is 0.970 bits per heavy atom. The highest BCUT2D eigenvalue weighted by molar-refractivity contribution is 7.95. The van der Waals surface area contributed by atoms with E-state index in [1.165, 1.54) is 19.1 Å². The monoisotopic (exact) mass is 470 g/mol. The minimum Gasteiger partial charge on any atom is -0.506 e. The van der Waals surface area contributed by atoms with Crippen molar-refractivity contribution in [1.29, 1.82) is 0 Å². The van der Waals surface area contributed by atoms with Crippen LogP contribution in [0.5, 0.6) is 5.75 Å². The molecule has 0 saturated carbocycles. The van der Waals surface area contributed by atoms with Crippen molar-refractivity contribution in [2.24, 2.45) is 0 Å². The molecule has 0 atom stereocenters. The number of hydroxylamine groups is 1. The van der Waals surface area contributed by atoms with Gasteiger partial charge >= 0.3 is 0 Å². The van der Waals surface area contributed by atoms with Gasteiger partial charge in [0.2, 0.25) is 9.84 Å². The first-order valence-corrected chi connectivity index (χ1v) is 11.4. The first-order chi connectivity index (χ1) is 15.5. The lowest BCUT2D eigenvalue weighted by molar-refractivity contribution is 0.102. The van der Waals surface area contributed by atoms with Gasteiger partial charge in [-0.3, -0.25) is 15.5 Å². The smallest absolute Gasteiger partial charge is 0.255 e. The van der Waals surface area contributed by atoms with Crippen LogP contribution in [0.25, 0.3) is 5.70 Å². The molecule has 3 aromatic rings. The van der Waals surface area contributed by atoms with Crippen LogP contribution in [0, 0.1) is 19.7 Å². The number of benzene rings is 3.